The predicted molar refractivity (Wildman–Crippen MR) is 88.3 cm³/mol. The zero-order valence-electron chi connectivity index (χ0n) is 12.1. The molecular formula is C16H23N3S. The van der Waals surface area contributed by atoms with Crippen molar-refractivity contribution in [2.24, 2.45) is 11.8 Å². The molecule has 0 atom stereocenters. The van der Waals surface area contributed by atoms with E-state index < -0.39 is 0 Å². The molecular weight excluding hydrogens is 266 g/mol. The summed E-state index contributed by atoms with van der Waals surface area (Å²) in [5.41, 5.74) is 7.66. The van der Waals surface area contributed by atoms with Gasteiger partial charge >= 0.3 is 0 Å². The van der Waals surface area contributed by atoms with E-state index in [0.29, 0.717) is 0 Å². The maximum Gasteiger partial charge on any atom is 0.183 e. The molecule has 1 aliphatic carbocycles. The third kappa shape index (κ3) is 3.06. The maximum absolute atomic E-state index is 5.81. The summed E-state index contributed by atoms with van der Waals surface area (Å²) in [4.78, 5) is 4.62. The van der Waals surface area contributed by atoms with Gasteiger partial charge in [0.25, 0.3) is 0 Å². The number of nitrogen functional groups attached to an aromatic ring is 1. The Kier molecular flexibility index (Phi) is 4.10. The van der Waals surface area contributed by atoms with Crippen LogP contribution in [0, 0.1) is 11.8 Å². The van der Waals surface area contributed by atoms with E-state index >= 15 is 0 Å². The van der Waals surface area contributed by atoms with E-state index in [1.807, 2.05) is 18.2 Å². The van der Waals surface area contributed by atoms with Gasteiger partial charge < -0.3 is 11.1 Å². The summed E-state index contributed by atoms with van der Waals surface area (Å²) in [5.74, 6) is 1.78. The molecule has 0 amide bonds. The fourth-order valence-electron chi connectivity index (χ4n) is 3.09. The number of aromatic nitrogens is 1. The smallest absolute Gasteiger partial charge is 0.183 e. The van der Waals surface area contributed by atoms with Gasteiger partial charge in [0.2, 0.25) is 0 Å². The van der Waals surface area contributed by atoms with Crippen LogP contribution in [0.1, 0.15) is 39.0 Å². The SMILES string of the molecule is CCC1CCC(CNc2nc3ccc(N)cc3s2)CC1. The van der Waals surface area contributed by atoms with Crippen LogP contribution in [-0.2, 0) is 0 Å². The Bertz CT molecular complexity index is 570. The highest BCUT2D eigenvalue weighted by Gasteiger charge is 2.19. The molecule has 0 bridgehead atoms. The summed E-state index contributed by atoms with van der Waals surface area (Å²) in [5, 5.41) is 4.55. The van der Waals surface area contributed by atoms with Gasteiger partial charge in [0, 0.05) is 12.2 Å². The Balaban J connectivity index is 1.57. The number of fused-ring (bicyclic) bond motifs is 1. The number of hydrogen-bond acceptors (Lipinski definition) is 4. The van der Waals surface area contributed by atoms with Crippen LogP contribution < -0.4 is 11.1 Å². The van der Waals surface area contributed by atoms with Crippen molar-refractivity contribution in [2.75, 3.05) is 17.6 Å². The highest BCUT2D eigenvalue weighted by molar-refractivity contribution is 7.22. The van der Waals surface area contributed by atoms with E-state index in [-0.39, 0.29) is 0 Å². The van der Waals surface area contributed by atoms with Crippen LogP contribution in [0.2, 0.25) is 0 Å². The largest absolute Gasteiger partial charge is 0.399 e. The van der Waals surface area contributed by atoms with Gasteiger partial charge in [-0.2, -0.15) is 0 Å². The minimum absolute atomic E-state index is 0.811. The van der Waals surface area contributed by atoms with Crippen molar-refractivity contribution >= 4 is 32.4 Å². The van der Waals surface area contributed by atoms with E-state index in [9.17, 15) is 0 Å². The van der Waals surface area contributed by atoms with E-state index in [4.69, 9.17) is 5.73 Å². The van der Waals surface area contributed by atoms with Crippen molar-refractivity contribution in [1.82, 2.24) is 4.98 Å². The Morgan fingerprint density at radius 1 is 1.25 bits per heavy atom. The van der Waals surface area contributed by atoms with Gasteiger partial charge in [0.1, 0.15) is 0 Å². The fourth-order valence-corrected chi connectivity index (χ4v) is 4.01. The Morgan fingerprint density at radius 2 is 2.00 bits per heavy atom. The van der Waals surface area contributed by atoms with Crippen LogP contribution in [0.25, 0.3) is 10.2 Å². The summed E-state index contributed by atoms with van der Waals surface area (Å²) >= 11 is 1.70. The van der Waals surface area contributed by atoms with Gasteiger partial charge in [-0.3, -0.25) is 0 Å². The lowest BCUT2D eigenvalue weighted by atomic mass is 9.81. The minimum atomic E-state index is 0.811. The normalized spacial score (nSPS) is 23.1. The first-order chi connectivity index (χ1) is 9.74. The van der Waals surface area contributed by atoms with Crippen LogP contribution in [0.4, 0.5) is 10.8 Å². The Hall–Kier alpha value is -1.29. The molecule has 0 spiro atoms. The van der Waals surface area contributed by atoms with Crippen molar-refractivity contribution in [1.29, 1.82) is 0 Å². The lowest BCUT2D eigenvalue weighted by Gasteiger charge is -2.27. The van der Waals surface area contributed by atoms with Crippen LogP contribution in [0.15, 0.2) is 18.2 Å². The van der Waals surface area contributed by atoms with Gasteiger partial charge in [-0.1, -0.05) is 37.5 Å². The lowest BCUT2D eigenvalue weighted by molar-refractivity contribution is 0.278. The molecule has 1 heterocycles. The summed E-state index contributed by atoms with van der Waals surface area (Å²) in [7, 11) is 0. The number of benzene rings is 1. The van der Waals surface area contributed by atoms with Gasteiger partial charge in [-0.25, -0.2) is 4.98 Å². The fraction of sp³-hybridized carbons (Fsp3) is 0.562. The molecule has 1 saturated carbocycles. The molecule has 4 heteroatoms. The molecule has 20 heavy (non-hydrogen) atoms. The second-order valence-electron chi connectivity index (χ2n) is 5.92. The molecule has 108 valence electrons. The summed E-state index contributed by atoms with van der Waals surface area (Å²) in [6.07, 6.45) is 6.88. The third-order valence-corrected chi connectivity index (χ3v) is 5.47. The molecule has 0 aliphatic heterocycles. The second-order valence-corrected chi connectivity index (χ2v) is 6.95. The first kappa shape index (κ1) is 13.7. The van der Waals surface area contributed by atoms with E-state index in [1.54, 1.807) is 11.3 Å². The number of rotatable bonds is 4. The van der Waals surface area contributed by atoms with Crippen molar-refractivity contribution in [3.63, 3.8) is 0 Å². The summed E-state index contributed by atoms with van der Waals surface area (Å²) < 4.78 is 1.17. The second kappa shape index (κ2) is 6.00. The molecule has 1 aliphatic rings. The van der Waals surface area contributed by atoms with Crippen molar-refractivity contribution < 1.29 is 0 Å². The average Bonchev–Trinajstić information content (AvgIpc) is 2.87. The predicted octanol–water partition coefficient (Wildman–Crippen LogP) is 4.51. The average molecular weight is 289 g/mol. The highest BCUT2D eigenvalue weighted by Crippen LogP contribution is 2.32. The van der Waals surface area contributed by atoms with Crippen molar-refractivity contribution in [3.8, 4) is 0 Å². The Labute approximate surface area is 124 Å². The topological polar surface area (TPSA) is 50.9 Å². The van der Waals surface area contributed by atoms with Crippen LogP contribution in [0.3, 0.4) is 0 Å². The van der Waals surface area contributed by atoms with E-state index in [1.165, 1.54) is 36.8 Å². The molecule has 3 N–H and O–H groups in total. The van der Waals surface area contributed by atoms with Gasteiger partial charge in [0.05, 0.1) is 10.2 Å². The van der Waals surface area contributed by atoms with Gasteiger partial charge in [0.15, 0.2) is 5.13 Å². The molecule has 0 radical (unpaired) electrons. The number of anilines is 2. The van der Waals surface area contributed by atoms with Crippen LogP contribution in [-0.4, -0.2) is 11.5 Å². The molecule has 1 aromatic carbocycles. The summed E-state index contributed by atoms with van der Waals surface area (Å²) in [6.45, 7) is 3.38. The Morgan fingerprint density at radius 3 is 2.75 bits per heavy atom. The standard InChI is InChI=1S/C16H23N3S/c1-2-11-3-5-12(6-4-11)10-18-16-19-14-8-7-13(17)9-15(14)20-16/h7-9,11-12H,2-6,10,17H2,1H3,(H,18,19). The van der Waals surface area contributed by atoms with E-state index in [0.717, 1.165) is 34.7 Å². The van der Waals surface area contributed by atoms with Crippen LogP contribution in [0.5, 0.6) is 0 Å². The third-order valence-electron chi connectivity index (χ3n) is 4.50. The maximum atomic E-state index is 5.81. The summed E-state index contributed by atoms with van der Waals surface area (Å²) in [6, 6.07) is 5.92. The minimum Gasteiger partial charge on any atom is -0.399 e. The van der Waals surface area contributed by atoms with Gasteiger partial charge in [-0.05, 0) is 42.9 Å². The van der Waals surface area contributed by atoms with Crippen LogP contribution >= 0.6 is 11.3 Å². The highest BCUT2D eigenvalue weighted by atomic mass is 32.1. The zero-order chi connectivity index (χ0) is 13.9. The first-order valence-electron chi connectivity index (χ1n) is 7.64. The number of nitrogens with one attached hydrogen (secondary N) is 1. The zero-order valence-corrected chi connectivity index (χ0v) is 12.9. The first-order valence-corrected chi connectivity index (χ1v) is 8.46. The molecule has 2 aromatic rings. The molecule has 1 fully saturated rings. The monoisotopic (exact) mass is 289 g/mol. The van der Waals surface area contributed by atoms with E-state index in [2.05, 4.69) is 17.2 Å². The van der Waals surface area contributed by atoms with Crippen molar-refractivity contribution in [2.45, 2.75) is 39.0 Å². The molecule has 0 saturated heterocycles. The molecule has 3 nitrogen and oxygen atoms in total. The van der Waals surface area contributed by atoms with Crippen molar-refractivity contribution in [3.05, 3.63) is 18.2 Å². The number of nitrogens with zero attached hydrogens (tertiary/aromatic N) is 1. The van der Waals surface area contributed by atoms with Gasteiger partial charge in [-0.15, -0.1) is 0 Å². The number of nitrogens with two attached hydrogens (primary N) is 1. The lowest BCUT2D eigenvalue weighted by Crippen LogP contribution is -2.20. The molecule has 3 rings (SSSR count). The number of hydrogen-bond donors (Lipinski definition) is 2. The molecule has 0 unspecified atom stereocenters. The molecule has 1 aromatic heterocycles. The quantitative estimate of drug-likeness (QED) is 0.814. The number of thiazole rings is 1.